The van der Waals surface area contributed by atoms with Crippen molar-refractivity contribution >= 4 is 17.5 Å². The van der Waals surface area contributed by atoms with Crippen molar-refractivity contribution in [3.8, 4) is 0 Å². The van der Waals surface area contributed by atoms with Crippen LogP contribution in [0.1, 0.15) is 27.3 Å². The zero-order valence-electron chi connectivity index (χ0n) is 11.1. The number of aryl methyl sites for hydroxylation is 3. The van der Waals surface area contributed by atoms with Crippen molar-refractivity contribution in [2.75, 3.05) is 5.32 Å². The first-order chi connectivity index (χ1) is 8.95. The fourth-order valence-corrected chi connectivity index (χ4v) is 1.91. The Morgan fingerprint density at radius 1 is 1.16 bits per heavy atom. The molecular weight excluding hydrogens is 242 g/mol. The third-order valence-corrected chi connectivity index (χ3v) is 2.62. The molecule has 1 heterocycles. The number of nitrogens with zero attached hydrogens (tertiary/aromatic N) is 2. The first-order valence-corrected chi connectivity index (χ1v) is 5.88. The zero-order chi connectivity index (χ0) is 14.0. The molecule has 0 saturated carbocycles. The molecule has 0 fully saturated rings. The molecule has 0 unspecified atom stereocenters. The smallest absolute Gasteiger partial charge is 0.341 e. The second kappa shape index (κ2) is 5.06. The van der Waals surface area contributed by atoms with Crippen molar-refractivity contribution in [2.45, 2.75) is 20.8 Å². The lowest BCUT2D eigenvalue weighted by atomic mass is 10.1. The van der Waals surface area contributed by atoms with E-state index in [1.165, 1.54) is 6.20 Å². The Morgan fingerprint density at radius 2 is 1.79 bits per heavy atom. The number of carboxylic acids is 1. The van der Waals surface area contributed by atoms with Crippen LogP contribution in [0.3, 0.4) is 0 Å². The molecule has 1 aromatic carbocycles. The highest BCUT2D eigenvalue weighted by atomic mass is 16.4. The van der Waals surface area contributed by atoms with Gasteiger partial charge in [-0.3, -0.25) is 0 Å². The van der Waals surface area contributed by atoms with Crippen LogP contribution in [-0.4, -0.2) is 21.0 Å². The van der Waals surface area contributed by atoms with Gasteiger partial charge in [0.25, 0.3) is 0 Å². The van der Waals surface area contributed by atoms with Crippen molar-refractivity contribution in [1.82, 2.24) is 9.97 Å². The van der Waals surface area contributed by atoms with E-state index in [2.05, 4.69) is 21.4 Å². The predicted molar refractivity (Wildman–Crippen MR) is 72.9 cm³/mol. The first-order valence-electron chi connectivity index (χ1n) is 5.88. The van der Waals surface area contributed by atoms with Crippen molar-refractivity contribution < 1.29 is 9.90 Å². The SMILES string of the molecule is Cc1cc(C)cc(Nc2nc(C)ncc2C(=O)O)c1. The van der Waals surface area contributed by atoms with Crippen LogP contribution in [0.15, 0.2) is 24.4 Å². The summed E-state index contributed by atoms with van der Waals surface area (Å²) in [5, 5.41) is 12.2. The molecule has 0 aliphatic carbocycles. The monoisotopic (exact) mass is 257 g/mol. The van der Waals surface area contributed by atoms with E-state index < -0.39 is 5.97 Å². The maximum atomic E-state index is 11.1. The number of aromatic nitrogens is 2. The van der Waals surface area contributed by atoms with Gasteiger partial charge in [0.1, 0.15) is 17.2 Å². The molecule has 0 spiro atoms. The molecular formula is C14H15N3O2. The third kappa shape index (κ3) is 3.07. The van der Waals surface area contributed by atoms with Crippen LogP contribution in [-0.2, 0) is 0 Å². The molecule has 2 aromatic rings. The van der Waals surface area contributed by atoms with E-state index in [-0.39, 0.29) is 5.56 Å². The van der Waals surface area contributed by atoms with E-state index in [1.54, 1.807) is 6.92 Å². The summed E-state index contributed by atoms with van der Waals surface area (Å²) in [7, 11) is 0. The molecule has 5 heteroatoms. The number of hydrogen-bond acceptors (Lipinski definition) is 4. The molecule has 0 aliphatic rings. The van der Waals surface area contributed by atoms with Gasteiger partial charge in [-0.1, -0.05) is 6.07 Å². The van der Waals surface area contributed by atoms with Crippen LogP contribution in [0, 0.1) is 20.8 Å². The van der Waals surface area contributed by atoms with Gasteiger partial charge >= 0.3 is 5.97 Å². The Balaban J connectivity index is 2.42. The number of rotatable bonds is 3. The highest BCUT2D eigenvalue weighted by Crippen LogP contribution is 2.21. The average Bonchev–Trinajstić information content (AvgIpc) is 2.26. The summed E-state index contributed by atoms with van der Waals surface area (Å²) in [6, 6.07) is 5.93. The highest BCUT2D eigenvalue weighted by Gasteiger charge is 2.13. The van der Waals surface area contributed by atoms with Crippen LogP contribution in [0.4, 0.5) is 11.5 Å². The second-order valence-corrected chi connectivity index (χ2v) is 4.49. The summed E-state index contributed by atoms with van der Waals surface area (Å²) in [4.78, 5) is 19.2. The maximum absolute atomic E-state index is 11.1. The first kappa shape index (κ1) is 13.0. The third-order valence-electron chi connectivity index (χ3n) is 2.62. The summed E-state index contributed by atoms with van der Waals surface area (Å²) in [6.45, 7) is 5.70. The fourth-order valence-electron chi connectivity index (χ4n) is 1.91. The van der Waals surface area contributed by atoms with E-state index in [1.807, 2.05) is 26.0 Å². The van der Waals surface area contributed by atoms with E-state index in [0.29, 0.717) is 11.6 Å². The molecule has 0 radical (unpaired) electrons. The normalized spacial score (nSPS) is 10.3. The van der Waals surface area contributed by atoms with Gasteiger partial charge in [-0.05, 0) is 44.0 Å². The average molecular weight is 257 g/mol. The summed E-state index contributed by atoms with van der Waals surface area (Å²) in [5.74, 6) is -0.214. The lowest BCUT2D eigenvalue weighted by Crippen LogP contribution is -2.07. The molecule has 0 saturated heterocycles. The van der Waals surface area contributed by atoms with Crippen molar-refractivity contribution in [1.29, 1.82) is 0 Å². The Hall–Kier alpha value is -2.43. The van der Waals surface area contributed by atoms with E-state index in [0.717, 1.165) is 16.8 Å². The Bertz CT molecular complexity index is 618. The zero-order valence-corrected chi connectivity index (χ0v) is 11.1. The molecule has 0 aliphatic heterocycles. The molecule has 0 amide bonds. The lowest BCUT2D eigenvalue weighted by molar-refractivity contribution is 0.0697. The largest absolute Gasteiger partial charge is 0.477 e. The number of carboxylic acid groups (broad SMARTS) is 1. The molecule has 0 bridgehead atoms. The lowest BCUT2D eigenvalue weighted by Gasteiger charge is -2.10. The Morgan fingerprint density at radius 3 is 2.37 bits per heavy atom. The van der Waals surface area contributed by atoms with Crippen LogP contribution in [0.5, 0.6) is 0 Å². The molecule has 98 valence electrons. The number of aromatic carboxylic acids is 1. The Kier molecular flexibility index (Phi) is 3.46. The van der Waals surface area contributed by atoms with Gasteiger partial charge in [-0.25, -0.2) is 14.8 Å². The summed E-state index contributed by atoms with van der Waals surface area (Å²) in [6.07, 6.45) is 1.32. The van der Waals surface area contributed by atoms with Crippen molar-refractivity contribution in [2.24, 2.45) is 0 Å². The minimum atomic E-state index is -1.05. The minimum Gasteiger partial charge on any atom is -0.477 e. The Labute approximate surface area is 111 Å². The molecule has 0 atom stereocenters. The predicted octanol–water partition coefficient (Wildman–Crippen LogP) is 2.84. The van der Waals surface area contributed by atoms with Gasteiger partial charge in [0.15, 0.2) is 0 Å². The molecule has 2 N–H and O–H groups in total. The fraction of sp³-hybridized carbons (Fsp3) is 0.214. The summed E-state index contributed by atoms with van der Waals surface area (Å²) < 4.78 is 0. The molecule has 2 rings (SSSR count). The van der Waals surface area contributed by atoms with Gasteiger partial charge in [0.05, 0.1) is 0 Å². The van der Waals surface area contributed by atoms with Crippen molar-refractivity contribution in [3.63, 3.8) is 0 Å². The molecule has 5 nitrogen and oxygen atoms in total. The number of hydrogen-bond donors (Lipinski definition) is 2. The highest BCUT2D eigenvalue weighted by molar-refractivity contribution is 5.93. The standard InChI is InChI=1S/C14H15N3O2/c1-8-4-9(2)6-11(5-8)17-13-12(14(18)19)7-15-10(3)16-13/h4-7H,1-3H3,(H,18,19)(H,15,16,17). The number of benzene rings is 1. The van der Waals surface area contributed by atoms with Crippen LogP contribution in [0.2, 0.25) is 0 Å². The van der Waals surface area contributed by atoms with Crippen LogP contribution in [0.25, 0.3) is 0 Å². The molecule has 1 aromatic heterocycles. The second-order valence-electron chi connectivity index (χ2n) is 4.49. The van der Waals surface area contributed by atoms with Gasteiger partial charge in [0, 0.05) is 11.9 Å². The van der Waals surface area contributed by atoms with Crippen molar-refractivity contribution in [3.05, 3.63) is 46.9 Å². The van der Waals surface area contributed by atoms with Gasteiger partial charge < -0.3 is 10.4 Å². The quantitative estimate of drug-likeness (QED) is 0.884. The van der Waals surface area contributed by atoms with Crippen LogP contribution < -0.4 is 5.32 Å². The van der Waals surface area contributed by atoms with E-state index in [4.69, 9.17) is 5.11 Å². The van der Waals surface area contributed by atoms with E-state index in [9.17, 15) is 4.79 Å². The number of nitrogens with one attached hydrogen (secondary N) is 1. The number of carbonyl (C=O) groups is 1. The van der Waals surface area contributed by atoms with Crippen LogP contribution >= 0.6 is 0 Å². The van der Waals surface area contributed by atoms with Gasteiger partial charge in [-0.2, -0.15) is 0 Å². The topological polar surface area (TPSA) is 75.1 Å². The van der Waals surface area contributed by atoms with Gasteiger partial charge in [-0.15, -0.1) is 0 Å². The van der Waals surface area contributed by atoms with E-state index >= 15 is 0 Å². The maximum Gasteiger partial charge on any atom is 0.341 e. The summed E-state index contributed by atoms with van der Waals surface area (Å²) >= 11 is 0. The minimum absolute atomic E-state index is 0.0600. The molecule has 19 heavy (non-hydrogen) atoms. The van der Waals surface area contributed by atoms with Gasteiger partial charge in [0.2, 0.25) is 0 Å². The number of anilines is 2. The summed E-state index contributed by atoms with van der Waals surface area (Å²) in [5.41, 5.74) is 3.08.